The van der Waals surface area contributed by atoms with Crippen LogP contribution in [0.5, 0.6) is 0 Å². The van der Waals surface area contributed by atoms with Crippen LogP contribution in [0.25, 0.3) is 11.6 Å². The minimum absolute atomic E-state index is 0.114. The van der Waals surface area contributed by atoms with Crippen LogP contribution in [0.3, 0.4) is 0 Å². The maximum atomic E-state index is 11.9. The van der Waals surface area contributed by atoms with E-state index in [1.807, 2.05) is 24.3 Å². The van der Waals surface area contributed by atoms with Crippen LogP contribution in [0.4, 0.5) is 5.69 Å². The zero-order valence-corrected chi connectivity index (χ0v) is 10.4. The second-order valence-electron chi connectivity index (χ2n) is 4.47. The minimum atomic E-state index is -1.21. The van der Waals surface area contributed by atoms with Gasteiger partial charge >= 0.3 is 0 Å². The molecule has 1 heterocycles. The Balaban J connectivity index is 2.00. The molecule has 3 rings (SSSR count). The van der Waals surface area contributed by atoms with Crippen LogP contribution in [0.1, 0.15) is 21.5 Å². The van der Waals surface area contributed by atoms with Crippen molar-refractivity contribution in [3.05, 3.63) is 65.2 Å². The van der Waals surface area contributed by atoms with E-state index in [9.17, 15) is 14.7 Å². The number of carbonyl (C=O) groups excluding carboxylic acids is 2. The monoisotopic (exact) mass is 264 g/mol. The topological polar surface area (TPSA) is 69.2 Å². The van der Waals surface area contributed by atoms with E-state index in [2.05, 4.69) is 5.32 Å². The highest BCUT2D eigenvalue weighted by Crippen LogP contribution is 2.32. The van der Waals surface area contributed by atoms with E-state index in [0.717, 1.165) is 16.8 Å². The normalized spacial score (nSPS) is 15.0. The highest BCUT2D eigenvalue weighted by atomic mass is 16.4. The van der Waals surface area contributed by atoms with Gasteiger partial charge in [0, 0.05) is 16.8 Å². The molecule has 1 aliphatic heterocycles. The van der Waals surface area contributed by atoms with Crippen LogP contribution in [-0.4, -0.2) is 11.9 Å². The lowest BCUT2D eigenvalue weighted by Crippen LogP contribution is -2.21. The fraction of sp³-hybridized carbons (Fsp3) is 0. The summed E-state index contributed by atoms with van der Waals surface area (Å²) in [5, 5.41) is 13.5. The van der Waals surface area contributed by atoms with E-state index in [1.165, 1.54) is 12.1 Å². The molecular weight excluding hydrogens is 254 g/mol. The summed E-state index contributed by atoms with van der Waals surface area (Å²) in [7, 11) is 0. The average molecular weight is 264 g/mol. The molecule has 2 aromatic carbocycles. The van der Waals surface area contributed by atoms with Crippen LogP contribution >= 0.6 is 0 Å². The predicted molar refractivity (Wildman–Crippen MR) is 73.7 cm³/mol. The largest absolute Gasteiger partial charge is 0.545 e. The summed E-state index contributed by atoms with van der Waals surface area (Å²) in [6.07, 6.45) is 1.74. The number of carboxylic acids is 1. The van der Waals surface area contributed by atoms with Gasteiger partial charge in [0.1, 0.15) is 0 Å². The first-order chi connectivity index (χ1) is 9.65. The van der Waals surface area contributed by atoms with Crippen molar-refractivity contribution < 1.29 is 14.7 Å². The molecule has 20 heavy (non-hydrogen) atoms. The fourth-order valence-electron chi connectivity index (χ4n) is 2.16. The summed E-state index contributed by atoms with van der Waals surface area (Å²) in [6.45, 7) is 0. The zero-order chi connectivity index (χ0) is 14.1. The molecule has 0 bridgehead atoms. The molecule has 0 atom stereocenters. The van der Waals surface area contributed by atoms with Crippen molar-refractivity contribution in [1.82, 2.24) is 0 Å². The smallest absolute Gasteiger partial charge is 0.256 e. The number of benzene rings is 2. The standard InChI is InChI=1S/C16H11NO3/c18-15-13(12-3-1-2-4-14(12)17-15)9-10-5-7-11(8-6-10)16(19)20/h1-9H,(H,17,18)(H,19,20)/p-1/b13-9+. The molecule has 0 radical (unpaired) electrons. The summed E-state index contributed by atoms with van der Waals surface area (Å²) in [6, 6.07) is 13.6. The lowest BCUT2D eigenvalue weighted by atomic mass is 10.0. The van der Waals surface area contributed by atoms with Crippen LogP contribution < -0.4 is 10.4 Å². The third-order valence-corrected chi connectivity index (χ3v) is 3.17. The van der Waals surface area contributed by atoms with Gasteiger partial charge < -0.3 is 15.2 Å². The Morgan fingerprint density at radius 3 is 2.45 bits per heavy atom. The molecule has 1 amide bonds. The van der Waals surface area contributed by atoms with E-state index in [-0.39, 0.29) is 11.5 Å². The average Bonchev–Trinajstić information content (AvgIpc) is 2.76. The summed E-state index contributed by atoms with van der Waals surface area (Å²) in [5.41, 5.74) is 3.08. The molecule has 0 unspecified atom stereocenters. The van der Waals surface area contributed by atoms with Gasteiger partial charge in [0.25, 0.3) is 5.91 Å². The molecule has 4 heteroatoms. The molecule has 0 aliphatic carbocycles. The Labute approximate surface area is 115 Å². The van der Waals surface area contributed by atoms with Crippen LogP contribution in [0.2, 0.25) is 0 Å². The third kappa shape index (κ3) is 2.07. The van der Waals surface area contributed by atoms with Crippen molar-refractivity contribution in [2.24, 2.45) is 0 Å². The highest BCUT2D eigenvalue weighted by molar-refractivity contribution is 6.34. The Morgan fingerprint density at radius 1 is 1.05 bits per heavy atom. The van der Waals surface area contributed by atoms with E-state index < -0.39 is 5.97 Å². The first-order valence-corrected chi connectivity index (χ1v) is 6.09. The van der Waals surface area contributed by atoms with Crippen molar-refractivity contribution in [3.63, 3.8) is 0 Å². The molecule has 0 aromatic heterocycles. The first kappa shape index (κ1) is 12.2. The Morgan fingerprint density at radius 2 is 1.75 bits per heavy atom. The molecule has 1 N–H and O–H groups in total. The van der Waals surface area contributed by atoms with Crippen LogP contribution in [-0.2, 0) is 4.79 Å². The number of carbonyl (C=O) groups is 2. The Bertz CT molecular complexity index is 730. The van der Waals surface area contributed by atoms with Gasteiger partial charge in [0.2, 0.25) is 0 Å². The van der Waals surface area contributed by atoms with Gasteiger partial charge in [-0.15, -0.1) is 0 Å². The molecule has 0 fully saturated rings. The van der Waals surface area contributed by atoms with Gasteiger partial charge in [0.05, 0.1) is 5.97 Å². The van der Waals surface area contributed by atoms with Gasteiger partial charge in [-0.2, -0.15) is 0 Å². The molecule has 4 nitrogen and oxygen atoms in total. The summed E-state index contributed by atoms with van der Waals surface area (Å²) < 4.78 is 0. The lowest BCUT2D eigenvalue weighted by Gasteiger charge is -2.02. The van der Waals surface area contributed by atoms with Crippen molar-refractivity contribution in [2.75, 3.05) is 5.32 Å². The maximum Gasteiger partial charge on any atom is 0.256 e. The van der Waals surface area contributed by atoms with E-state index >= 15 is 0 Å². The number of fused-ring (bicyclic) bond motifs is 1. The third-order valence-electron chi connectivity index (χ3n) is 3.17. The van der Waals surface area contributed by atoms with Gasteiger partial charge in [-0.3, -0.25) is 4.79 Å². The molecule has 2 aromatic rings. The van der Waals surface area contributed by atoms with Crippen molar-refractivity contribution >= 4 is 29.2 Å². The molecule has 1 aliphatic rings. The zero-order valence-electron chi connectivity index (χ0n) is 10.4. The van der Waals surface area contributed by atoms with E-state index in [4.69, 9.17) is 0 Å². The summed E-state index contributed by atoms with van der Waals surface area (Å²) in [5.74, 6) is -1.37. The minimum Gasteiger partial charge on any atom is -0.545 e. The number of aromatic carboxylic acids is 1. The highest BCUT2D eigenvalue weighted by Gasteiger charge is 2.22. The second kappa shape index (κ2) is 4.66. The Kier molecular flexibility index (Phi) is 2.84. The van der Waals surface area contributed by atoms with Gasteiger partial charge in [-0.05, 0) is 23.3 Å². The number of anilines is 1. The molecule has 0 saturated heterocycles. The maximum absolute atomic E-state index is 11.9. The van der Waals surface area contributed by atoms with Crippen molar-refractivity contribution in [2.45, 2.75) is 0 Å². The lowest BCUT2D eigenvalue weighted by molar-refractivity contribution is -0.255. The second-order valence-corrected chi connectivity index (χ2v) is 4.47. The van der Waals surface area contributed by atoms with Gasteiger partial charge in [0.15, 0.2) is 0 Å². The van der Waals surface area contributed by atoms with Crippen molar-refractivity contribution in [1.29, 1.82) is 0 Å². The molecule has 0 saturated carbocycles. The number of para-hydroxylation sites is 1. The van der Waals surface area contributed by atoms with E-state index in [0.29, 0.717) is 5.57 Å². The molecular formula is C16H10NO3-. The quantitative estimate of drug-likeness (QED) is 0.836. The Hall–Kier alpha value is -2.88. The van der Waals surface area contributed by atoms with Crippen LogP contribution in [0.15, 0.2) is 48.5 Å². The summed E-state index contributed by atoms with van der Waals surface area (Å²) in [4.78, 5) is 22.6. The summed E-state index contributed by atoms with van der Waals surface area (Å²) >= 11 is 0. The number of carboxylic acid groups (broad SMARTS) is 1. The number of hydrogen-bond donors (Lipinski definition) is 1. The van der Waals surface area contributed by atoms with Gasteiger partial charge in [-0.25, -0.2) is 0 Å². The number of hydrogen-bond acceptors (Lipinski definition) is 3. The predicted octanol–water partition coefficient (Wildman–Crippen LogP) is 1.54. The molecule has 0 spiro atoms. The van der Waals surface area contributed by atoms with Crippen LogP contribution in [0, 0.1) is 0 Å². The van der Waals surface area contributed by atoms with Crippen molar-refractivity contribution in [3.8, 4) is 0 Å². The molecule has 98 valence electrons. The number of amides is 1. The van der Waals surface area contributed by atoms with Gasteiger partial charge in [-0.1, -0.05) is 42.5 Å². The number of rotatable bonds is 2. The SMILES string of the molecule is O=C1Nc2ccccc2/C1=C\c1ccc(C(=O)[O-])cc1. The fourth-order valence-corrected chi connectivity index (χ4v) is 2.16. The first-order valence-electron chi connectivity index (χ1n) is 6.09. The van der Waals surface area contributed by atoms with E-state index in [1.54, 1.807) is 18.2 Å². The number of nitrogens with one attached hydrogen (secondary N) is 1.